The number of methoxy groups -OCH3 is 3. The molecule has 1 aromatic carbocycles. The van der Waals surface area contributed by atoms with Gasteiger partial charge < -0.3 is 19.5 Å². The molecule has 2 rings (SSSR count). The Labute approximate surface area is 117 Å². The predicted octanol–water partition coefficient (Wildman–Crippen LogP) is 1.55. The van der Waals surface area contributed by atoms with Crippen molar-refractivity contribution in [3.8, 4) is 28.6 Å². The van der Waals surface area contributed by atoms with Gasteiger partial charge in [-0.15, -0.1) is 10.2 Å². The maximum atomic E-state index is 5.46. The Kier molecular flexibility index (Phi) is 3.97. The number of hydrogen-bond donors (Lipinski definition) is 1. The van der Waals surface area contributed by atoms with Crippen molar-refractivity contribution in [3.05, 3.63) is 12.1 Å². The number of nitrogens with zero attached hydrogens (tertiary/aromatic N) is 3. The first-order chi connectivity index (χ1) is 9.67. The summed E-state index contributed by atoms with van der Waals surface area (Å²) in [6, 6.07) is 3.67. The Hall–Kier alpha value is -2.44. The fraction of sp³-hybridized carbons (Fsp3) is 0.385. The van der Waals surface area contributed by atoms with E-state index < -0.39 is 0 Å². The second kappa shape index (κ2) is 5.68. The highest BCUT2D eigenvalue weighted by atomic mass is 16.5. The third-order valence-electron chi connectivity index (χ3n) is 3.04. The average Bonchev–Trinajstić information content (AvgIpc) is 2.86. The summed E-state index contributed by atoms with van der Waals surface area (Å²) in [6.07, 6.45) is 0. The van der Waals surface area contributed by atoms with E-state index in [0.29, 0.717) is 29.0 Å². The number of hydrogen-bond acceptors (Lipinski definition) is 6. The Bertz CT molecular complexity index is 610. The molecule has 2 aromatic rings. The van der Waals surface area contributed by atoms with E-state index in [1.165, 1.54) is 0 Å². The summed E-state index contributed by atoms with van der Waals surface area (Å²) in [5.74, 6) is 3.03. The number of aromatic nitrogens is 3. The van der Waals surface area contributed by atoms with Crippen LogP contribution in [-0.2, 0) is 7.05 Å². The monoisotopic (exact) mass is 278 g/mol. The van der Waals surface area contributed by atoms with Crippen LogP contribution >= 0.6 is 0 Å². The van der Waals surface area contributed by atoms with Crippen LogP contribution in [-0.4, -0.2) is 43.1 Å². The SMILES string of the molecule is CNc1nnc(-c2ccc(OC)c(OC)c2OC)n1C. The van der Waals surface area contributed by atoms with Gasteiger partial charge in [0.05, 0.1) is 26.9 Å². The molecule has 7 nitrogen and oxygen atoms in total. The van der Waals surface area contributed by atoms with E-state index in [9.17, 15) is 0 Å². The molecule has 0 aliphatic carbocycles. The molecule has 0 aliphatic rings. The number of ether oxygens (including phenoxy) is 3. The topological polar surface area (TPSA) is 70.4 Å². The van der Waals surface area contributed by atoms with Gasteiger partial charge in [-0.05, 0) is 12.1 Å². The Morgan fingerprint density at radius 2 is 1.70 bits per heavy atom. The van der Waals surface area contributed by atoms with Gasteiger partial charge in [0, 0.05) is 14.1 Å². The second-order valence-corrected chi connectivity index (χ2v) is 4.04. The highest BCUT2D eigenvalue weighted by Crippen LogP contribution is 2.43. The second-order valence-electron chi connectivity index (χ2n) is 4.04. The van der Waals surface area contributed by atoms with Crippen molar-refractivity contribution < 1.29 is 14.2 Å². The van der Waals surface area contributed by atoms with E-state index in [-0.39, 0.29) is 0 Å². The van der Waals surface area contributed by atoms with Crippen LogP contribution in [0.5, 0.6) is 17.2 Å². The summed E-state index contributed by atoms with van der Waals surface area (Å²) in [5.41, 5.74) is 0.779. The van der Waals surface area contributed by atoms with Gasteiger partial charge in [-0.2, -0.15) is 0 Å². The van der Waals surface area contributed by atoms with Crippen LogP contribution in [0.15, 0.2) is 12.1 Å². The summed E-state index contributed by atoms with van der Waals surface area (Å²) in [5, 5.41) is 11.2. The number of rotatable bonds is 5. The van der Waals surface area contributed by atoms with Gasteiger partial charge in [-0.1, -0.05) is 0 Å². The lowest BCUT2D eigenvalue weighted by Crippen LogP contribution is -2.02. The summed E-state index contributed by atoms with van der Waals surface area (Å²) in [6.45, 7) is 0. The molecular weight excluding hydrogens is 260 g/mol. The first-order valence-electron chi connectivity index (χ1n) is 6.04. The van der Waals surface area contributed by atoms with E-state index in [0.717, 1.165) is 5.56 Å². The van der Waals surface area contributed by atoms with Crippen LogP contribution in [0.25, 0.3) is 11.4 Å². The van der Waals surface area contributed by atoms with E-state index in [1.807, 2.05) is 23.7 Å². The zero-order valence-electron chi connectivity index (χ0n) is 12.2. The molecule has 0 spiro atoms. The van der Waals surface area contributed by atoms with Crippen molar-refractivity contribution in [2.24, 2.45) is 7.05 Å². The smallest absolute Gasteiger partial charge is 0.224 e. The zero-order chi connectivity index (χ0) is 14.7. The normalized spacial score (nSPS) is 10.2. The molecule has 108 valence electrons. The van der Waals surface area contributed by atoms with Gasteiger partial charge >= 0.3 is 0 Å². The maximum Gasteiger partial charge on any atom is 0.224 e. The highest BCUT2D eigenvalue weighted by Gasteiger charge is 2.20. The summed E-state index contributed by atoms with van der Waals surface area (Å²) >= 11 is 0. The average molecular weight is 278 g/mol. The summed E-state index contributed by atoms with van der Waals surface area (Å²) in [7, 11) is 8.39. The van der Waals surface area contributed by atoms with Crippen molar-refractivity contribution in [2.45, 2.75) is 0 Å². The van der Waals surface area contributed by atoms with Gasteiger partial charge in [0.1, 0.15) is 0 Å². The minimum absolute atomic E-state index is 0.529. The van der Waals surface area contributed by atoms with Crippen molar-refractivity contribution >= 4 is 5.95 Å². The highest BCUT2D eigenvalue weighted by molar-refractivity contribution is 5.73. The Balaban J connectivity index is 2.64. The Morgan fingerprint density at radius 1 is 1.00 bits per heavy atom. The van der Waals surface area contributed by atoms with Gasteiger partial charge in [-0.3, -0.25) is 4.57 Å². The molecule has 0 aliphatic heterocycles. The van der Waals surface area contributed by atoms with Crippen molar-refractivity contribution in [3.63, 3.8) is 0 Å². The molecule has 0 unspecified atom stereocenters. The van der Waals surface area contributed by atoms with Crippen molar-refractivity contribution in [1.82, 2.24) is 14.8 Å². The molecule has 1 heterocycles. The molecule has 0 radical (unpaired) electrons. The molecule has 0 atom stereocenters. The van der Waals surface area contributed by atoms with E-state index >= 15 is 0 Å². The minimum Gasteiger partial charge on any atom is -0.493 e. The number of nitrogens with one attached hydrogen (secondary N) is 1. The zero-order valence-corrected chi connectivity index (χ0v) is 12.2. The van der Waals surface area contributed by atoms with Crippen LogP contribution in [0, 0.1) is 0 Å². The summed E-state index contributed by atoms with van der Waals surface area (Å²) < 4.78 is 17.9. The van der Waals surface area contributed by atoms with Gasteiger partial charge in [0.2, 0.25) is 11.7 Å². The standard InChI is InChI=1S/C13H18N4O3/c1-14-13-16-15-12(17(13)2)8-6-7-9(18-3)11(20-5)10(8)19-4/h6-7H,1-5H3,(H,14,16). The third kappa shape index (κ3) is 2.11. The van der Waals surface area contributed by atoms with Crippen molar-refractivity contribution in [2.75, 3.05) is 33.7 Å². The predicted molar refractivity (Wildman–Crippen MR) is 75.6 cm³/mol. The molecule has 0 bridgehead atoms. The molecule has 0 fully saturated rings. The lowest BCUT2D eigenvalue weighted by atomic mass is 10.1. The van der Waals surface area contributed by atoms with Gasteiger partial charge in [0.25, 0.3) is 0 Å². The van der Waals surface area contributed by atoms with E-state index in [1.54, 1.807) is 28.4 Å². The molecular formula is C13H18N4O3. The largest absolute Gasteiger partial charge is 0.493 e. The van der Waals surface area contributed by atoms with Crippen LogP contribution in [0.3, 0.4) is 0 Å². The molecule has 1 N–H and O–H groups in total. The van der Waals surface area contributed by atoms with Crippen LogP contribution in [0.1, 0.15) is 0 Å². The molecule has 1 aromatic heterocycles. The molecule has 20 heavy (non-hydrogen) atoms. The molecule has 7 heteroatoms. The lowest BCUT2D eigenvalue weighted by molar-refractivity contribution is 0.325. The van der Waals surface area contributed by atoms with Gasteiger partial charge in [0.15, 0.2) is 17.3 Å². The van der Waals surface area contributed by atoms with Crippen LogP contribution in [0.4, 0.5) is 5.95 Å². The lowest BCUT2D eigenvalue weighted by Gasteiger charge is -2.15. The van der Waals surface area contributed by atoms with Gasteiger partial charge in [-0.25, -0.2) is 0 Å². The van der Waals surface area contributed by atoms with E-state index in [4.69, 9.17) is 14.2 Å². The maximum absolute atomic E-state index is 5.46. The molecule has 0 saturated heterocycles. The Morgan fingerprint density at radius 3 is 2.20 bits per heavy atom. The molecule has 0 saturated carbocycles. The minimum atomic E-state index is 0.529. The first-order valence-corrected chi connectivity index (χ1v) is 6.04. The van der Waals surface area contributed by atoms with Crippen LogP contribution < -0.4 is 19.5 Å². The summed E-state index contributed by atoms with van der Waals surface area (Å²) in [4.78, 5) is 0. The third-order valence-corrected chi connectivity index (χ3v) is 3.04. The fourth-order valence-corrected chi connectivity index (χ4v) is 2.06. The van der Waals surface area contributed by atoms with E-state index in [2.05, 4.69) is 15.5 Å². The fourth-order valence-electron chi connectivity index (χ4n) is 2.06. The number of benzene rings is 1. The quantitative estimate of drug-likeness (QED) is 0.894. The molecule has 0 amide bonds. The van der Waals surface area contributed by atoms with Crippen molar-refractivity contribution in [1.29, 1.82) is 0 Å². The first kappa shape index (κ1) is 14.0. The van der Waals surface area contributed by atoms with Crippen LogP contribution in [0.2, 0.25) is 0 Å². The number of anilines is 1.